The van der Waals surface area contributed by atoms with Crippen LogP contribution in [-0.2, 0) is 9.59 Å². The number of nitrogens with zero attached hydrogens (tertiary/aromatic N) is 2. The summed E-state index contributed by atoms with van der Waals surface area (Å²) in [4.78, 5) is 29.3. The van der Waals surface area contributed by atoms with Gasteiger partial charge in [0.25, 0.3) is 0 Å². The van der Waals surface area contributed by atoms with E-state index in [1.54, 1.807) is 12.0 Å². The molecule has 2 fully saturated rings. The molecule has 3 rings (SSSR count). The van der Waals surface area contributed by atoms with E-state index in [1.807, 2.05) is 37.1 Å². The number of halogens is 1. The van der Waals surface area contributed by atoms with Crippen molar-refractivity contribution in [1.29, 1.82) is 0 Å². The van der Waals surface area contributed by atoms with Crippen molar-refractivity contribution in [3.8, 4) is 5.75 Å². The van der Waals surface area contributed by atoms with Gasteiger partial charge in [0.2, 0.25) is 11.8 Å². The van der Waals surface area contributed by atoms with Crippen LogP contribution in [0.1, 0.15) is 31.2 Å². The second-order valence-electron chi connectivity index (χ2n) is 7.74. The van der Waals surface area contributed by atoms with Crippen LogP contribution in [0.4, 0.5) is 5.69 Å². The second-order valence-corrected chi connectivity index (χ2v) is 7.74. The zero-order valence-electron chi connectivity index (χ0n) is 17.1. The smallest absolute Gasteiger partial charge is 0.228 e. The molecule has 1 aromatic carbocycles. The van der Waals surface area contributed by atoms with Crippen molar-refractivity contribution in [3.05, 3.63) is 23.8 Å². The van der Waals surface area contributed by atoms with Gasteiger partial charge in [-0.2, -0.15) is 0 Å². The Morgan fingerprint density at radius 2 is 2.00 bits per heavy atom. The maximum atomic E-state index is 13.0. The Morgan fingerprint density at radius 3 is 2.64 bits per heavy atom. The molecule has 7 heteroatoms. The molecule has 1 N–H and O–H groups in total. The fourth-order valence-electron chi connectivity index (χ4n) is 4.17. The molecule has 1 aromatic rings. The lowest BCUT2D eigenvalue weighted by molar-refractivity contribution is -0.137. The molecule has 1 unspecified atom stereocenters. The van der Waals surface area contributed by atoms with E-state index in [0.29, 0.717) is 18.2 Å². The predicted molar refractivity (Wildman–Crippen MR) is 113 cm³/mol. The number of nitrogens with one attached hydrogen (secondary N) is 1. The van der Waals surface area contributed by atoms with Gasteiger partial charge in [0.15, 0.2) is 0 Å². The third-order valence-corrected chi connectivity index (χ3v) is 5.83. The second kappa shape index (κ2) is 10.1. The summed E-state index contributed by atoms with van der Waals surface area (Å²) >= 11 is 0. The highest BCUT2D eigenvalue weighted by molar-refractivity contribution is 6.01. The van der Waals surface area contributed by atoms with Gasteiger partial charge in [-0.05, 0) is 63.4 Å². The molecule has 2 heterocycles. The number of rotatable bonds is 6. The molecule has 6 nitrogen and oxygen atoms in total. The zero-order valence-corrected chi connectivity index (χ0v) is 17.9. The highest BCUT2D eigenvalue weighted by atomic mass is 35.5. The third kappa shape index (κ3) is 4.97. The average Bonchev–Trinajstić information content (AvgIpc) is 3.07. The monoisotopic (exact) mass is 409 g/mol. The fraction of sp³-hybridized carbons (Fsp3) is 0.619. The molecule has 0 aromatic heterocycles. The van der Waals surface area contributed by atoms with Gasteiger partial charge < -0.3 is 19.9 Å². The molecule has 2 aliphatic rings. The van der Waals surface area contributed by atoms with Crippen molar-refractivity contribution in [2.45, 2.75) is 32.6 Å². The normalized spacial score (nSPS) is 20.2. The van der Waals surface area contributed by atoms with Crippen LogP contribution in [0.25, 0.3) is 0 Å². The first-order valence-electron chi connectivity index (χ1n) is 9.92. The number of anilines is 1. The van der Waals surface area contributed by atoms with E-state index in [1.165, 1.54) is 6.42 Å². The standard InChI is InChI=1S/C21H31N3O3.ClH/c1-15-4-5-19(27-3)18(12-15)24-14-17(13-20(24)25)21(26)23-10-7-16(8-11-23)6-9-22-2;/h4-5,12,16-17,22H,6-11,13-14H2,1-3H3;1H. The van der Waals surface area contributed by atoms with Crippen molar-refractivity contribution in [2.75, 3.05) is 45.2 Å². The number of hydrogen-bond donors (Lipinski definition) is 1. The number of piperidine rings is 1. The number of aryl methyl sites for hydroxylation is 1. The predicted octanol–water partition coefficient (Wildman–Crippen LogP) is 2.63. The molecule has 0 spiro atoms. The number of carbonyl (C=O) groups is 2. The van der Waals surface area contributed by atoms with Gasteiger partial charge in [-0.15, -0.1) is 12.4 Å². The number of likely N-dealkylation sites (tertiary alicyclic amines) is 1. The highest BCUT2D eigenvalue weighted by Gasteiger charge is 2.38. The topological polar surface area (TPSA) is 61.9 Å². The van der Waals surface area contributed by atoms with Crippen LogP contribution in [0, 0.1) is 18.8 Å². The largest absolute Gasteiger partial charge is 0.495 e. The number of amides is 2. The van der Waals surface area contributed by atoms with E-state index in [-0.39, 0.29) is 36.6 Å². The number of methoxy groups -OCH3 is 1. The molecule has 0 aliphatic carbocycles. The van der Waals surface area contributed by atoms with Gasteiger partial charge in [-0.1, -0.05) is 6.07 Å². The van der Waals surface area contributed by atoms with Crippen LogP contribution >= 0.6 is 12.4 Å². The molecule has 28 heavy (non-hydrogen) atoms. The maximum absolute atomic E-state index is 13.0. The number of hydrogen-bond acceptors (Lipinski definition) is 4. The number of ether oxygens (including phenoxy) is 1. The van der Waals surface area contributed by atoms with Gasteiger partial charge in [-0.3, -0.25) is 9.59 Å². The first-order valence-corrected chi connectivity index (χ1v) is 9.92. The summed E-state index contributed by atoms with van der Waals surface area (Å²) in [6, 6.07) is 5.80. The van der Waals surface area contributed by atoms with Crippen LogP contribution in [0.5, 0.6) is 5.75 Å². The van der Waals surface area contributed by atoms with Crippen LogP contribution in [0.2, 0.25) is 0 Å². The molecule has 2 saturated heterocycles. The SMILES string of the molecule is CNCCC1CCN(C(=O)C2CC(=O)N(c3cc(C)ccc3OC)C2)CC1.Cl. The van der Waals surface area contributed by atoms with Gasteiger partial charge in [0.05, 0.1) is 18.7 Å². The minimum atomic E-state index is -0.253. The summed E-state index contributed by atoms with van der Waals surface area (Å²) in [6.45, 7) is 5.09. The van der Waals surface area contributed by atoms with E-state index in [0.717, 1.165) is 43.7 Å². The summed E-state index contributed by atoms with van der Waals surface area (Å²) in [5.41, 5.74) is 1.83. The van der Waals surface area contributed by atoms with Gasteiger partial charge in [0.1, 0.15) is 5.75 Å². The van der Waals surface area contributed by atoms with Crippen molar-refractivity contribution in [1.82, 2.24) is 10.2 Å². The number of carbonyl (C=O) groups excluding carboxylic acids is 2. The third-order valence-electron chi connectivity index (χ3n) is 5.83. The fourth-order valence-corrected chi connectivity index (χ4v) is 4.17. The average molecular weight is 410 g/mol. The molecule has 2 amide bonds. The molecule has 156 valence electrons. The van der Waals surface area contributed by atoms with Gasteiger partial charge in [-0.25, -0.2) is 0 Å². The Balaban J connectivity index is 0.00000280. The Labute approximate surface area is 174 Å². The minimum absolute atomic E-state index is 0. The lowest BCUT2D eigenvalue weighted by Crippen LogP contribution is -2.42. The molecule has 0 saturated carbocycles. The van der Waals surface area contributed by atoms with Crippen molar-refractivity contribution >= 4 is 29.9 Å². The Bertz CT molecular complexity index is 689. The molecular weight excluding hydrogens is 378 g/mol. The molecule has 0 radical (unpaired) electrons. The lowest BCUT2D eigenvalue weighted by atomic mass is 9.92. The zero-order chi connectivity index (χ0) is 19.4. The molecule has 1 atom stereocenters. The van der Waals surface area contributed by atoms with E-state index in [2.05, 4.69) is 5.32 Å². The van der Waals surface area contributed by atoms with Crippen molar-refractivity contribution in [3.63, 3.8) is 0 Å². The van der Waals surface area contributed by atoms with Crippen LogP contribution < -0.4 is 15.0 Å². The summed E-state index contributed by atoms with van der Waals surface area (Å²) in [7, 11) is 3.58. The van der Waals surface area contributed by atoms with Crippen LogP contribution in [0.15, 0.2) is 18.2 Å². The Kier molecular flexibility index (Phi) is 8.13. The summed E-state index contributed by atoms with van der Waals surface area (Å²) in [6.07, 6.45) is 3.57. The Hall–Kier alpha value is -1.79. The lowest BCUT2D eigenvalue weighted by Gasteiger charge is -2.33. The van der Waals surface area contributed by atoms with Crippen LogP contribution in [0.3, 0.4) is 0 Å². The van der Waals surface area contributed by atoms with Crippen LogP contribution in [-0.4, -0.2) is 57.1 Å². The Morgan fingerprint density at radius 1 is 1.29 bits per heavy atom. The minimum Gasteiger partial charge on any atom is -0.495 e. The van der Waals surface area contributed by atoms with E-state index in [9.17, 15) is 9.59 Å². The van der Waals surface area contributed by atoms with E-state index in [4.69, 9.17) is 4.74 Å². The van der Waals surface area contributed by atoms with E-state index < -0.39 is 0 Å². The highest BCUT2D eigenvalue weighted by Crippen LogP contribution is 2.34. The van der Waals surface area contributed by atoms with Crippen molar-refractivity contribution < 1.29 is 14.3 Å². The van der Waals surface area contributed by atoms with Crippen molar-refractivity contribution in [2.24, 2.45) is 11.8 Å². The maximum Gasteiger partial charge on any atom is 0.228 e. The van der Waals surface area contributed by atoms with E-state index >= 15 is 0 Å². The first-order chi connectivity index (χ1) is 13.0. The van der Waals surface area contributed by atoms with Gasteiger partial charge >= 0.3 is 0 Å². The first kappa shape index (κ1) is 22.5. The molecule has 2 aliphatic heterocycles. The summed E-state index contributed by atoms with van der Waals surface area (Å²) in [5.74, 6) is 1.24. The molecule has 0 bridgehead atoms. The summed E-state index contributed by atoms with van der Waals surface area (Å²) in [5, 5.41) is 3.20. The quantitative estimate of drug-likeness (QED) is 0.784. The summed E-state index contributed by atoms with van der Waals surface area (Å²) < 4.78 is 5.42. The number of benzene rings is 1. The molecular formula is C21H32ClN3O3. The van der Waals surface area contributed by atoms with Gasteiger partial charge in [0, 0.05) is 26.1 Å².